The molecule has 1 saturated heterocycles. The minimum absolute atomic E-state index is 0.0248. The van der Waals surface area contributed by atoms with Gasteiger partial charge in [0.2, 0.25) is 15.9 Å². The van der Waals surface area contributed by atoms with E-state index in [0.29, 0.717) is 13.1 Å². The standard InChI is InChI=1S/C17H21N5O4S2/c1-20-11-14(10-15(20)17(18)24)28(25,26)22-8-6-21(7-9-22)16(23)12-27-13-2-4-19-5-3-13/h2-5,10-11H,6-9,12H2,1H3,(H2,18,24). The fourth-order valence-corrected chi connectivity index (χ4v) is 5.20. The zero-order valence-corrected chi connectivity index (χ0v) is 16.9. The molecule has 11 heteroatoms. The van der Waals surface area contributed by atoms with Crippen LogP contribution in [0.4, 0.5) is 0 Å². The number of primary amides is 1. The lowest BCUT2D eigenvalue weighted by molar-refractivity contribution is -0.129. The van der Waals surface area contributed by atoms with E-state index < -0.39 is 15.9 Å². The van der Waals surface area contributed by atoms with Gasteiger partial charge in [-0.15, -0.1) is 11.8 Å². The van der Waals surface area contributed by atoms with Gasteiger partial charge in [0.25, 0.3) is 5.91 Å². The number of pyridine rings is 1. The summed E-state index contributed by atoms with van der Waals surface area (Å²) in [5.41, 5.74) is 5.38. The van der Waals surface area contributed by atoms with Gasteiger partial charge in [-0.2, -0.15) is 4.31 Å². The Kier molecular flexibility index (Phi) is 6.06. The van der Waals surface area contributed by atoms with Crippen LogP contribution in [0, 0.1) is 0 Å². The zero-order chi connectivity index (χ0) is 20.3. The van der Waals surface area contributed by atoms with Crippen molar-refractivity contribution in [1.82, 2.24) is 18.8 Å². The number of aromatic nitrogens is 2. The highest BCUT2D eigenvalue weighted by molar-refractivity contribution is 8.00. The minimum atomic E-state index is -3.75. The molecular formula is C17H21N5O4S2. The van der Waals surface area contributed by atoms with E-state index in [0.717, 1.165) is 4.90 Å². The second-order valence-corrected chi connectivity index (χ2v) is 9.28. The third kappa shape index (κ3) is 4.37. The van der Waals surface area contributed by atoms with Gasteiger partial charge in [-0.1, -0.05) is 0 Å². The van der Waals surface area contributed by atoms with Crippen molar-refractivity contribution in [3.63, 3.8) is 0 Å². The van der Waals surface area contributed by atoms with Crippen LogP contribution >= 0.6 is 11.8 Å². The lowest BCUT2D eigenvalue weighted by Crippen LogP contribution is -2.50. The molecule has 1 fully saturated rings. The highest BCUT2D eigenvalue weighted by Crippen LogP contribution is 2.21. The summed E-state index contributed by atoms with van der Waals surface area (Å²) in [5.74, 6) is -0.433. The average molecular weight is 424 g/mol. The number of carbonyl (C=O) groups is 2. The van der Waals surface area contributed by atoms with E-state index in [-0.39, 0.29) is 35.3 Å². The number of aryl methyl sites for hydroxylation is 1. The van der Waals surface area contributed by atoms with Crippen LogP contribution in [0.25, 0.3) is 0 Å². The molecule has 0 bridgehead atoms. The van der Waals surface area contributed by atoms with E-state index in [2.05, 4.69) is 4.98 Å². The number of amides is 2. The molecule has 2 amide bonds. The SMILES string of the molecule is Cn1cc(S(=O)(=O)N2CCN(C(=O)CSc3ccncc3)CC2)cc1C(N)=O. The molecular weight excluding hydrogens is 402 g/mol. The number of sulfonamides is 1. The van der Waals surface area contributed by atoms with Crippen LogP contribution in [0.15, 0.2) is 46.6 Å². The maximum absolute atomic E-state index is 12.8. The first-order valence-corrected chi connectivity index (χ1v) is 11.0. The quantitative estimate of drug-likeness (QED) is 0.661. The van der Waals surface area contributed by atoms with Gasteiger partial charge in [0.15, 0.2) is 0 Å². The molecule has 2 N–H and O–H groups in total. The molecule has 0 radical (unpaired) electrons. The molecule has 28 heavy (non-hydrogen) atoms. The number of rotatable bonds is 6. The van der Waals surface area contributed by atoms with Crippen LogP contribution in [-0.2, 0) is 21.9 Å². The van der Waals surface area contributed by atoms with E-state index in [1.807, 2.05) is 12.1 Å². The third-order valence-electron chi connectivity index (χ3n) is 4.47. The van der Waals surface area contributed by atoms with Gasteiger partial charge >= 0.3 is 0 Å². The Morgan fingerprint density at radius 1 is 1.18 bits per heavy atom. The fourth-order valence-electron chi connectivity index (χ4n) is 2.92. The largest absolute Gasteiger partial charge is 0.364 e. The second kappa shape index (κ2) is 8.33. The Labute approximate surface area is 167 Å². The van der Waals surface area contributed by atoms with Crippen molar-refractivity contribution < 1.29 is 18.0 Å². The molecule has 0 saturated carbocycles. The molecule has 1 aliphatic heterocycles. The average Bonchev–Trinajstić information content (AvgIpc) is 3.10. The molecule has 0 atom stereocenters. The molecule has 0 unspecified atom stereocenters. The predicted molar refractivity (Wildman–Crippen MR) is 104 cm³/mol. The number of hydrogen-bond acceptors (Lipinski definition) is 6. The van der Waals surface area contributed by atoms with Crippen LogP contribution in [-0.4, -0.2) is 70.9 Å². The van der Waals surface area contributed by atoms with Crippen LogP contribution < -0.4 is 5.73 Å². The van der Waals surface area contributed by atoms with Gasteiger partial charge in [-0.25, -0.2) is 8.42 Å². The van der Waals surface area contributed by atoms with Crippen molar-refractivity contribution in [1.29, 1.82) is 0 Å². The zero-order valence-electron chi connectivity index (χ0n) is 15.3. The fraction of sp³-hybridized carbons (Fsp3) is 0.353. The van der Waals surface area contributed by atoms with Crippen molar-refractivity contribution in [3.8, 4) is 0 Å². The maximum Gasteiger partial charge on any atom is 0.265 e. The van der Waals surface area contributed by atoms with Crippen molar-refractivity contribution in [2.75, 3.05) is 31.9 Å². The monoisotopic (exact) mass is 423 g/mol. The first kappa shape index (κ1) is 20.4. The van der Waals surface area contributed by atoms with Gasteiger partial charge in [0.1, 0.15) is 10.6 Å². The molecule has 1 aliphatic rings. The molecule has 0 spiro atoms. The number of hydrogen-bond donors (Lipinski definition) is 1. The normalized spacial score (nSPS) is 15.5. The van der Waals surface area contributed by atoms with Crippen LogP contribution in [0.2, 0.25) is 0 Å². The summed E-state index contributed by atoms with van der Waals surface area (Å²) in [7, 11) is -2.18. The minimum Gasteiger partial charge on any atom is -0.364 e. The molecule has 2 aromatic heterocycles. The predicted octanol–water partition coefficient (Wildman–Crippen LogP) is 0.144. The number of nitrogens with two attached hydrogens (primary N) is 1. The summed E-state index contributed by atoms with van der Waals surface area (Å²) < 4.78 is 28.3. The van der Waals surface area contributed by atoms with E-state index >= 15 is 0 Å². The van der Waals surface area contributed by atoms with Crippen LogP contribution in [0.1, 0.15) is 10.5 Å². The van der Waals surface area contributed by atoms with Gasteiger partial charge in [-0.05, 0) is 18.2 Å². The number of carbonyl (C=O) groups excluding carboxylic acids is 2. The lowest BCUT2D eigenvalue weighted by atomic mass is 10.3. The molecule has 2 aromatic rings. The Balaban J connectivity index is 1.59. The van der Waals surface area contributed by atoms with Crippen molar-refractivity contribution in [3.05, 3.63) is 42.5 Å². The number of thioether (sulfide) groups is 1. The first-order chi connectivity index (χ1) is 13.3. The van der Waals surface area contributed by atoms with E-state index in [1.165, 1.54) is 32.9 Å². The van der Waals surface area contributed by atoms with Crippen molar-refractivity contribution in [2.45, 2.75) is 9.79 Å². The smallest absolute Gasteiger partial charge is 0.265 e. The molecule has 0 aromatic carbocycles. The van der Waals surface area contributed by atoms with Gasteiger partial charge in [0, 0.05) is 56.7 Å². The summed E-state index contributed by atoms with van der Waals surface area (Å²) in [6.07, 6.45) is 4.71. The maximum atomic E-state index is 12.8. The Bertz CT molecular complexity index is 967. The summed E-state index contributed by atoms with van der Waals surface area (Å²) in [6.45, 7) is 1.05. The van der Waals surface area contributed by atoms with Crippen LogP contribution in [0.5, 0.6) is 0 Å². The van der Waals surface area contributed by atoms with Gasteiger partial charge < -0.3 is 15.2 Å². The first-order valence-electron chi connectivity index (χ1n) is 8.56. The molecule has 150 valence electrons. The van der Waals surface area contributed by atoms with E-state index in [4.69, 9.17) is 5.73 Å². The molecule has 9 nitrogen and oxygen atoms in total. The van der Waals surface area contributed by atoms with Gasteiger partial charge in [-0.3, -0.25) is 14.6 Å². The van der Waals surface area contributed by atoms with Crippen molar-refractivity contribution >= 4 is 33.6 Å². The van der Waals surface area contributed by atoms with E-state index in [1.54, 1.807) is 24.3 Å². The number of piperazine rings is 1. The van der Waals surface area contributed by atoms with Gasteiger partial charge in [0.05, 0.1) is 5.75 Å². The summed E-state index contributed by atoms with van der Waals surface area (Å²) in [4.78, 5) is 30.3. The third-order valence-corrected chi connectivity index (χ3v) is 7.33. The molecule has 3 heterocycles. The topological polar surface area (TPSA) is 119 Å². The van der Waals surface area contributed by atoms with E-state index in [9.17, 15) is 18.0 Å². The molecule has 3 rings (SSSR count). The summed E-state index contributed by atoms with van der Waals surface area (Å²) in [5, 5.41) is 0. The second-order valence-electron chi connectivity index (χ2n) is 6.29. The summed E-state index contributed by atoms with van der Waals surface area (Å²) >= 11 is 1.42. The highest BCUT2D eigenvalue weighted by atomic mass is 32.2. The number of nitrogens with zero attached hydrogens (tertiary/aromatic N) is 4. The summed E-state index contributed by atoms with van der Waals surface area (Å²) in [6, 6.07) is 4.95. The Hall–Kier alpha value is -2.37. The Morgan fingerprint density at radius 3 is 2.39 bits per heavy atom. The lowest BCUT2D eigenvalue weighted by Gasteiger charge is -2.33. The molecule has 0 aliphatic carbocycles. The Morgan fingerprint density at radius 2 is 1.82 bits per heavy atom. The highest BCUT2D eigenvalue weighted by Gasteiger charge is 2.31. The van der Waals surface area contributed by atoms with Crippen molar-refractivity contribution in [2.24, 2.45) is 12.8 Å². The van der Waals surface area contributed by atoms with Crippen LogP contribution in [0.3, 0.4) is 0 Å².